The second-order valence-electron chi connectivity index (χ2n) is 6.49. The summed E-state index contributed by atoms with van der Waals surface area (Å²) in [6.45, 7) is 1.95. The molecule has 0 aliphatic rings. The molecule has 0 radical (unpaired) electrons. The van der Waals surface area contributed by atoms with Gasteiger partial charge in [-0.05, 0) is 49.4 Å². The monoisotopic (exact) mass is 463 g/mol. The van der Waals surface area contributed by atoms with Gasteiger partial charge in [0, 0.05) is 41.3 Å². The largest absolute Gasteiger partial charge is 0.495 e. The number of anilines is 1. The lowest BCUT2D eigenvalue weighted by molar-refractivity contribution is 0.102. The average Bonchev–Trinajstić information content (AvgIpc) is 3.13. The maximum absolute atomic E-state index is 12.7. The quantitative estimate of drug-likeness (QED) is 0.567. The van der Waals surface area contributed by atoms with E-state index < -0.39 is 15.9 Å². The van der Waals surface area contributed by atoms with Gasteiger partial charge in [-0.2, -0.15) is 0 Å². The van der Waals surface area contributed by atoms with Crippen molar-refractivity contribution in [2.45, 2.75) is 21.1 Å². The molecule has 1 amide bonds. The normalized spacial score (nSPS) is 11.5. The van der Waals surface area contributed by atoms with Crippen LogP contribution in [0.4, 0.5) is 5.69 Å². The Kier molecular flexibility index (Phi) is 6.81. The number of methoxy groups -OCH3 is 1. The molecule has 0 fully saturated rings. The van der Waals surface area contributed by atoms with Crippen molar-refractivity contribution in [3.63, 3.8) is 0 Å². The molecule has 0 saturated carbocycles. The van der Waals surface area contributed by atoms with Gasteiger partial charge >= 0.3 is 0 Å². The second-order valence-corrected chi connectivity index (χ2v) is 10.8. The molecule has 0 saturated heterocycles. The molecular formula is C20H21N3O4S3. The van der Waals surface area contributed by atoms with Crippen molar-refractivity contribution < 1.29 is 17.9 Å². The van der Waals surface area contributed by atoms with Crippen LogP contribution in [0.5, 0.6) is 5.75 Å². The Labute approximate surface area is 184 Å². The van der Waals surface area contributed by atoms with Crippen LogP contribution in [0.2, 0.25) is 0 Å². The van der Waals surface area contributed by atoms with Crippen LogP contribution >= 0.6 is 23.1 Å². The van der Waals surface area contributed by atoms with Crippen LogP contribution in [0, 0.1) is 6.92 Å². The SMILES string of the molecule is COc1ccc(C(=O)Nc2ccc(Sc3nc(C)cs3)cc2)cc1S(=O)(=O)N(C)C. The summed E-state index contributed by atoms with van der Waals surface area (Å²) in [6.07, 6.45) is 0. The highest BCUT2D eigenvalue weighted by Gasteiger charge is 2.24. The number of ether oxygens (including phenoxy) is 1. The summed E-state index contributed by atoms with van der Waals surface area (Å²) >= 11 is 3.14. The first kappa shape index (κ1) is 22.3. The van der Waals surface area contributed by atoms with Gasteiger partial charge in [0.2, 0.25) is 10.0 Å². The minimum atomic E-state index is -3.76. The molecule has 3 aromatic rings. The lowest BCUT2D eigenvalue weighted by atomic mass is 10.2. The fraction of sp³-hybridized carbons (Fsp3) is 0.200. The lowest BCUT2D eigenvalue weighted by Gasteiger charge is -2.15. The number of thiazole rings is 1. The fourth-order valence-electron chi connectivity index (χ4n) is 2.51. The zero-order chi connectivity index (χ0) is 21.9. The van der Waals surface area contributed by atoms with Crippen molar-refractivity contribution in [2.24, 2.45) is 0 Å². The van der Waals surface area contributed by atoms with Crippen LogP contribution in [0.15, 0.2) is 62.0 Å². The van der Waals surface area contributed by atoms with Gasteiger partial charge in [0.15, 0.2) is 4.34 Å². The van der Waals surface area contributed by atoms with Crippen molar-refractivity contribution >= 4 is 44.7 Å². The van der Waals surface area contributed by atoms with Crippen LogP contribution < -0.4 is 10.1 Å². The summed E-state index contributed by atoms with van der Waals surface area (Å²) in [7, 11) is 0.473. The number of rotatable bonds is 7. The second kappa shape index (κ2) is 9.17. The predicted octanol–water partition coefficient (Wildman–Crippen LogP) is 4.11. The van der Waals surface area contributed by atoms with Crippen molar-refractivity contribution in [2.75, 3.05) is 26.5 Å². The molecule has 0 bridgehead atoms. The van der Waals surface area contributed by atoms with E-state index in [-0.39, 0.29) is 16.2 Å². The molecule has 1 N–H and O–H groups in total. The molecule has 0 spiro atoms. The summed E-state index contributed by atoms with van der Waals surface area (Å²) in [4.78, 5) is 18.0. The standard InChI is InChI=1S/C20H21N3O4S3/c1-13-12-28-20(21-13)29-16-8-6-15(7-9-16)22-19(24)14-5-10-17(27-4)18(11-14)30(25,26)23(2)3/h5-12H,1-4H3,(H,22,24). The summed E-state index contributed by atoms with van der Waals surface area (Å²) in [5, 5.41) is 4.78. The van der Waals surface area contributed by atoms with E-state index in [0.717, 1.165) is 19.2 Å². The van der Waals surface area contributed by atoms with Crippen LogP contribution in [-0.2, 0) is 10.0 Å². The third-order valence-electron chi connectivity index (χ3n) is 4.10. The van der Waals surface area contributed by atoms with E-state index >= 15 is 0 Å². The Morgan fingerprint density at radius 1 is 1.17 bits per heavy atom. The highest BCUT2D eigenvalue weighted by atomic mass is 32.2. The molecule has 30 heavy (non-hydrogen) atoms. The van der Waals surface area contributed by atoms with Gasteiger partial charge in [0.1, 0.15) is 10.6 Å². The maximum atomic E-state index is 12.7. The summed E-state index contributed by atoms with van der Waals surface area (Å²) in [6, 6.07) is 11.7. The van der Waals surface area contributed by atoms with Gasteiger partial charge in [0.25, 0.3) is 5.91 Å². The Hall–Kier alpha value is -2.40. The Balaban J connectivity index is 1.77. The number of hydrogen-bond donors (Lipinski definition) is 1. The van der Waals surface area contributed by atoms with E-state index in [0.29, 0.717) is 5.69 Å². The van der Waals surface area contributed by atoms with Crippen molar-refractivity contribution in [1.29, 1.82) is 0 Å². The highest BCUT2D eigenvalue weighted by Crippen LogP contribution is 2.31. The predicted molar refractivity (Wildman–Crippen MR) is 119 cm³/mol. The molecule has 1 heterocycles. The Bertz CT molecular complexity index is 1160. The zero-order valence-corrected chi connectivity index (χ0v) is 19.3. The third-order valence-corrected chi connectivity index (χ3v) is 8.00. The van der Waals surface area contributed by atoms with E-state index in [9.17, 15) is 13.2 Å². The van der Waals surface area contributed by atoms with E-state index in [2.05, 4.69) is 10.3 Å². The van der Waals surface area contributed by atoms with Crippen LogP contribution in [-0.4, -0.2) is 44.8 Å². The van der Waals surface area contributed by atoms with Crippen molar-refractivity contribution in [3.05, 3.63) is 59.1 Å². The van der Waals surface area contributed by atoms with E-state index in [1.165, 1.54) is 39.4 Å². The Morgan fingerprint density at radius 2 is 1.87 bits per heavy atom. The number of aromatic nitrogens is 1. The molecule has 3 rings (SSSR count). The molecular weight excluding hydrogens is 442 g/mol. The topological polar surface area (TPSA) is 88.6 Å². The molecule has 10 heteroatoms. The zero-order valence-electron chi connectivity index (χ0n) is 16.9. The van der Waals surface area contributed by atoms with Crippen LogP contribution in [0.3, 0.4) is 0 Å². The maximum Gasteiger partial charge on any atom is 0.255 e. The summed E-state index contributed by atoms with van der Waals surface area (Å²) < 4.78 is 32.3. The van der Waals surface area contributed by atoms with Gasteiger partial charge in [-0.15, -0.1) is 11.3 Å². The third kappa shape index (κ3) is 5.01. The van der Waals surface area contributed by atoms with Crippen molar-refractivity contribution in [3.8, 4) is 5.75 Å². The van der Waals surface area contributed by atoms with Gasteiger partial charge in [-0.25, -0.2) is 17.7 Å². The molecule has 1 aromatic heterocycles. The fourth-order valence-corrected chi connectivity index (χ4v) is 5.39. The first-order chi connectivity index (χ1) is 14.2. The molecule has 2 aromatic carbocycles. The molecule has 158 valence electrons. The van der Waals surface area contributed by atoms with Gasteiger partial charge in [-0.3, -0.25) is 4.79 Å². The molecule has 0 unspecified atom stereocenters. The van der Waals surface area contributed by atoms with Crippen LogP contribution in [0.1, 0.15) is 16.1 Å². The number of carbonyl (C=O) groups is 1. The summed E-state index contributed by atoms with van der Waals surface area (Å²) in [5.41, 5.74) is 1.81. The lowest BCUT2D eigenvalue weighted by Crippen LogP contribution is -2.23. The smallest absolute Gasteiger partial charge is 0.255 e. The first-order valence-electron chi connectivity index (χ1n) is 8.82. The number of amides is 1. The number of carbonyl (C=O) groups excluding carboxylic acids is 1. The van der Waals surface area contributed by atoms with Gasteiger partial charge in [0.05, 0.1) is 7.11 Å². The number of nitrogens with zero attached hydrogens (tertiary/aromatic N) is 2. The Morgan fingerprint density at radius 3 is 2.43 bits per heavy atom. The molecule has 7 nitrogen and oxygen atoms in total. The molecule has 0 aliphatic carbocycles. The molecule has 0 aliphatic heterocycles. The highest BCUT2D eigenvalue weighted by molar-refractivity contribution is 8.01. The van der Waals surface area contributed by atoms with Crippen LogP contribution in [0.25, 0.3) is 0 Å². The van der Waals surface area contributed by atoms with Gasteiger partial charge in [-0.1, -0.05) is 11.8 Å². The number of aryl methyl sites for hydroxylation is 1. The van der Waals surface area contributed by atoms with E-state index in [1.807, 2.05) is 24.4 Å². The summed E-state index contributed by atoms with van der Waals surface area (Å²) in [5.74, 6) is -0.233. The molecule has 0 atom stereocenters. The van der Waals surface area contributed by atoms with E-state index in [4.69, 9.17) is 4.74 Å². The average molecular weight is 464 g/mol. The minimum absolute atomic E-state index is 0.0619. The number of benzene rings is 2. The van der Waals surface area contributed by atoms with Gasteiger partial charge < -0.3 is 10.1 Å². The number of hydrogen-bond acceptors (Lipinski definition) is 7. The minimum Gasteiger partial charge on any atom is -0.495 e. The number of nitrogens with one attached hydrogen (secondary N) is 1. The number of sulfonamides is 1. The first-order valence-corrected chi connectivity index (χ1v) is 12.0. The van der Waals surface area contributed by atoms with E-state index in [1.54, 1.807) is 35.2 Å². The van der Waals surface area contributed by atoms with Crippen molar-refractivity contribution in [1.82, 2.24) is 9.29 Å².